The molecule has 1 saturated heterocycles. The lowest BCUT2D eigenvalue weighted by Gasteiger charge is -2.13. The maximum Gasteiger partial charge on any atom is 0.191 e. The van der Waals surface area contributed by atoms with Gasteiger partial charge in [0.25, 0.3) is 0 Å². The zero-order chi connectivity index (χ0) is 20.0. The van der Waals surface area contributed by atoms with Gasteiger partial charge in [0.2, 0.25) is 0 Å². The van der Waals surface area contributed by atoms with Gasteiger partial charge in [0, 0.05) is 26.3 Å². The van der Waals surface area contributed by atoms with Crippen molar-refractivity contribution < 1.29 is 18.9 Å². The Hall–Kier alpha value is -1.26. The normalized spacial score (nSPS) is 16.2. The van der Waals surface area contributed by atoms with Crippen molar-refractivity contribution in [2.45, 2.75) is 45.8 Å². The molecule has 1 aromatic carbocycles. The van der Waals surface area contributed by atoms with Gasteiger partial charge in [0.1, 0.15) is 0 Å². The summed E-state index contributed by atoms with van der Waals surface area (Å²) in [4.78, 5) is 4.66. The number of guanidine groups is 1. The number of nitrogens with one attached hydrogen (secondary N) is 2. The minimum atomic E-state index is 0. The minimum Gasteiger partial charge on any atom is -0.493 e. The van der Waals surface area contributed by atoms with Crippen LogP contribution < -0.4 is 20.1 Å². The summed E-state index contributed by atoms with van der Waals surface area (Å²) in [6, 6.07) is 5.96. The van der Waals surface area contributed by atoms with E-state index < -0.39 is 0 Å². The Kier molecular flexibility index (Phi) is 13.8. The molecule has 0 radical (unpaired) electrons. The molecule has 166 valence electrons. The lowest BCUT2D eigenvalue weighted by Crippen LogP contribution is -2.38. The van der Waals surface area contributed by atoms with Crippen molar-refractivity contribution in [1.82, 2.24) is 10.6 Å². The molecule has 1 aliphatic heterocycles. The highest BCUT2D eigenvalue weighted by Gasteiger charge is 2.15. The van der Waals surface area contributed by atoms with Crippen LogP contribution in [0.5, 0.6) is 11.5 Å². The summed E-state index contributed by atoms with van der Waals surface area (Å²) in [6.07, 6.45) is 3.16. The topological polar surface area (TPSA) is 73.3 Å². The molecule has 2 N–H and O–H groups in total. The zero-order valence-corrected chi connectivity index (χ0v) is 20.2. The van der Waals surface area contributed by atoms with Crippen molar-refractivity contribution in [3.63, 3.8) is 0 Å². The molecular formula is C21H36IN3O4. The number of ether oxygens (including phenoxy) is 4. The molecule has 29 heavy (non-hydrogen) atoms. The Labute approximate surface area is 191 Å². The number of benzene rings is 1. The highest BCUT2D eigenvalue weighted by molar-refractivity contribution is 14.0. The fraction of sp³-hybridized carbons (Fsp3) is 0.667. The molecule has 2 rings (SSSR count). The monoisotopic (exact) mass is 521 g/mol. The number of halogens is 1. The lowest BCUT2D eigenvalue weighted by molar-refractivity contribution is 0.0420. The molecule has 0 aromatic heterocycles. The predicted molar refractivity (Wildman–Crippen MR) is 127 cm³/mol. The van der Waals surface area contributed by atoms with Gasteiger partial charge < -0.3 is 29.6 Å². The van der Waals surface area contributed by atoms with E-state index in [1.165, 1.54) is 0 Å². The summed E-state index contributed by atoms with van der Waals surface area (Å²) in [7, 11) is 1.66. The molecule has 0 aliphatic carbocycles. The first kappa shape index (κ1) is 25.8. The first-order chi connectivity index (χ1) is 13.8. The molecule has 1 heterocycles. The Morgan fingerprint density at radius 1 is 1.21 bits per heavy atom. The average molecular weight is 521 g/mol. The highest BCUT2D eigenvalue weighted by Crippen LogP contribution is 2.28. The molecule has 0 amide bonds. The molecule has 7 nitrogen and oxygen atoms in total. The van der Waals surface area contributed by atoms with Gasteiger partial charge in [0.05, 0.1) is 33.0 Å². The second-order valence-electron chi connectivity index (χ2n) is 6.67. The van der Waals surface area contributed by atoms with Crippen molar-refractivity contribution in [1.29, 1.82) is 0 Å². The van der Waals surface area contributed by atoms with Crippen LogP contribution in [-0.4, -0.2) is 58.7 Å². The maximum atomic E-state index is 5.79. The van der Waals surface area contributed by atoms with Gasteiger partial charge in [-0.2, -0.15) is 0 Å². The zero-order valence-electron chi connectivity index (χ0n) is 17.9. The van der Waals surface area contributed by atoms with Crippen LogP contribution in [0.25, 0.3) is 0 Å². The van der Waals surface area contributed by atoms with E-state index in [9.17, 15) is 0 Å². The number of hydrogen-bond donors (Lipinski definition) is 2. The van der Waals surface area contributed by atoms with E-state index in [1.54, 1.807) is 7.11 Å². The van der Waals surface area contributed by atoms with Gasteiger partial charge in [-0.1, -0.05) is 13.0 Å². The van der Waals surface area contributed by atoms with E-state index in [0.717, 1.165) is 75.2 Å². The van der Waals surface area contributed by atoms with E-state index >= 15 is 0 Å². The molecule has 1 aliphatic rings. The SMILES string of the molecule is CCCOc1ccc(CN=C(NCC)NCCCOC2CCOC2)cc1OC.I. The second-order valence-corrected chi connectivity index (χ2v) is 6.67. The Balaban J connectivity index is 0.00000420. The number of aliphatic imine (C=N–C) groups is 1. The van der Waals surface area contributed by atoms with Crippen LogP contribution in [0, 0.1) is 0 Å². The summed E-state index contributed by atoms with van der Waals surface area (Å²) in [6.45, 7) is 9.29. The van der Waals surface area contributed by atoms with Gasteiger partial charge in [-0.15, -0.1) is 24.0 Å². The highest BCUT2D eigenvalue weighted by atomic mass is 127. The molecule has 1 fully saturated rings. The summed E-state index contributed by atoms with van der Waals surface area (Å²) in [5.74, 6) is 2.32. The van der Waals surface area contributed by atoms with E-state index in [-0.39, 0.29) is 30.1 Å². The molecule has 1 atom stereocenters. The molecule has 0 saturated carbocycles. The van der Waals surface area contributed by atoms with Crippen molar-refractivity contribution >= 4 is 29.9 Å². The van der Waals surface area contributed by atoms with Gasteiger partial charge in [-0.05, 0) is 43.9 Å². The Bertz CT molecular complexity index is 595. The fourth-order valence-electron chi connectivity index (χ4n) is 2.83. The summed E-state index contributed by atoms with van der Waals surface area (Å²) < 4.78 is 22.3. The van der Waals surface area contributed by atoms with Crippen LogP contribution in [0.15, 0.2) is 23.2 Å². The summed E-state index contributed by atoms with van der Waals surface area (Å²) in [5, 5.41) is 6.63. The van der Waals surface area contributed by atoms with Crippen LogP contribution in [0.1, 0.15) is 38.7 Å². The molecule has 8 heteroatoms. The number of hydrogen-bond acceptors (Lipinski definition) is 5. The van der Waals surface area contributed by atoms with Crippen LogP contribution in [0.2, 0.25) is 0 Å². The van der Waals surface area contributed by atoms with Crippen LogP contribution in [0.3, 0.4) is 0 Å². The van der Waals surface area contributed by atoms with E-state index in [1.807, 2.05) is 18.2 Å². The summed E-state index contributed by atoms with van der Waals surface area (Å²) >= 11 is 0. The molecule has 1 unspecified atom stereocenters. The molecule has 0 spiro atoms. The van der Waals surface area contributed by atoms with Gasteiger partial charge >= 0.3 is 0 Å². The minimum absolute atomic E-state index is 0. The van der Waals surface area contributed by atoms with Crippen LogP contribution in [-0.2, 0) is 16.0 Å². The van der Waals surface area contributed by atoms with Crippen molar-refractivity contribution in [3.8, 4) is 11.5 Å². The van der Waals surface area contributed by atoms with E-state index in [2.05, 4.69) is 29.5 Å². The third-order valence-electron chi connectivity index (χ3n) is 4.31. The largest absolute Gasteiger partial charge is 0.493 e. The standard InChI is InChI=1S/C21H35N3O4.HI/c1-4-11-28-19-8-7-17(14-20(19)25-3)15-24-21(22-5-2)23-10-6-12-27-18-9-13-26-16-18;/h7-8,14,18H,4-6,9-13,15-16H2,1-3H3,(H2,22,23,24);1H. The molecule has 1 aromatic rings. The van der Waals surface area contributed by atoms with Crippen molar-refractivity contribution in [2.24, 2.45) is 4.99 Å². The van der Waals surface area contributed by atoms with Gasteiger partial charge in [0.15, 0.2) is 17.5 Å². The first-order valence-electron chi connectivity index (χ1n) is 10.3. The molecule has 0 bridgehead atoms. The Morgan fingerprint density at radius 3 is 2.76 bits per heavy atom. The molecular weight excluding hydrogens is 485 g/mol. The van der Waals surface area contributed by atoms with Crippen LogP contribution >= 0.6 is 24.0 Å². The quantitative estimate of drug-likeness (QED) is 0.190. The fourth-order valence-corrected chi connectivity index (χ4v) is 2.83. The first-order valence-corrected chi connectivity index (χ1v) is 10.3. The van der Waals surface area contributed by atoms with Crippen LogP contribution in [0.4, 0.5) is 0 Å². The summed E-state index contributed by atoms with van der Waals surface area (Å²) in [5.41, 5.74) is 1.07. The average Bonchev–Trinajstić information content (AvgIpc) is 3.23. The maximum absolute atomic E-state index is 5.79. The second kappa shape index (κ2) is 15.6. The predicted octanol–water partition coefficient (Wildman–Crippen LogP) is 3.35. The Morgan fingerprint density at radius 2 is 2.07 bits per heavy atom. The lowest BCUT2D eigenvalue weighted by atomic mass is 10.2. The number of methoxy groups -OCH3 is 1. The number of nitrogens with zero attached hydrogens (tertiary/aromatic N) is 1. The van der Waals surface area contributed by atoms with E-state index in [0.29, 0.717) is 13.2 Å². The smallest absolute Gasteiger partial charge is 0.191 e. The third-order valence-corrected chi connectivity index (χ3v) is 4.31. The van der Waals surface area contributed by atoms with Gasteiger partial charge in [-0.25, -0.2) is 4.99 Å². The van der Waals surface area contributed by atoms with E-state index in [4.69, 9.17) is 18.9 Å². The van der Waals surface area contributed by atoms with Crippen molar-refractivity contribution in [2.75, 3.05) is 46.6 Å². The third kappa shape index (κ3) is 9.86. The number of rotatable bonds is 12. The van der Waals surface area contributed by atoms with Gasteiger partial charge in [-0.3, -0.25) is 0 Å². The van der Waals surface area contributed by atoms with Crippen molar-refractivity contribution in [3.05, 3.63) is 23.8 Å².